The summed E-state index contributed by atoms with van der Waals surface area (Å²) in [7, 11) is 0. The summed E-state index contributed by atoms with van der Waals surface area (Å²) in [6.45, 7) is 0. The standard InChI is InChI=1S/C15H20O/c16-15(7-2-1-3-8-15)9-6-14-11-12-4-5-13(14)10-12/h4-5,12-14,16H,1-3,7-8,10-11H2. The van der Waals surface area contributed by atoms with Crippen molar-refractivity contribution >= 4 is 0 Å². The highest BCUT2D eigenvalue weighted by Gasteiger charge is 2.35. The third-order valence-electron chi connectivity index (χ3n) is 4.45. The SMILES string of the molecule is OC1(C#CC2CC3C=CC2C3)CCCCC1. The van der Waals surface area contributed by atoms with Crippen molar-refractivity contribution in [2.75, 3.05) is 0 Å². The molecular formula is C15H20O. The predicted octanol–water partition coefficient (Wildman–Crippen LogP) is 2.90. The molecule has 2 bridgehead atoms. The summed E-state index contributed by atoms with van der Waals surface area (Å²) < 4.78 is 0. The van der Waals surface area contributed by atoms with E-state index in [4.69, 9.17) is 0 Å². The van der Waals surface area contributed by atoms with E-state index in [1.54, 1.807) is 0 Å². The Morgan fingerprint density at radius 3 is 2.50 bits per heavy atom. The molecular weight excluding hydrogens is 196 g/mol. The molecule has 0 amide bonds. The van der Waals surface area contributed by atoms with Crippen LogP contribution in [0.15, 0.2) is 12.2 Å². The van der Waals surface area contributed by atoms with E-state index in [-0.39, 0.29) is 0 Å². The maximum absolute atomic E-state index is 10.3. The molecule has 3 rings (SSSR count). The predicted molar refractivity (Wildman–Crippen MR) is 64.7 cm³/mol. The van der Waals surface area contributed by atoms with E-state index in [0.717, 1.165) is 31.6 Å². The van der Waals surface area contributed by atoms with E-state index in [2.05, 4.69) is 24.0 Å². The van der Waals surface area contributed by atoms with Gasteiger partial charge in [-0.1, -0.05) is 30.4 Å². The van der Waals surface area contributed by atoms with Crippen molar-refractivity contribution in [1.29, 1.82) is 0 Å². The Balaban J connectivity index is 1.68. The van der Waals surface area contributed by atoms with E-state index in [1.807, 2.05) is 0 Å². The lowest BCUT2D eigenvalue weighted by Crippen LogP contribution is -2.29. The Labute approximate surface area is 97.9 Å². The number of allylic oxidation sites excluding steroid dienone is 2. The Bertz CT molecular complexity index is 351. The van der Waals surface area contributed by atoms with Gasteiger partial charge in [0.1, 0.15) is 5.60 Å². The zero-order chi connectivity index (χ0) is 11.0. The fourth-order valence-corrected chi connectivity index (χ4v) is 3.44. The minimum atomic E-state index is -0.649. The van der Waals surface area contributed by atoms with E-state index in [0.29, 0.717) is 11.8 Å². The van der Waals surface area contributed by atoms with Gasteiger partial charge in [0.25, 0.3) is 0 Å². The summed E-state index contributed by atoms with van der Waals surface area (Å²) >= 11 is 0. The van der Waals surface area contributed by atoms with E-state index in [1.165, 1.54) is 19.3 Å². The largest absolute Gasteiger partial charge is 0.378 e. The van der Waals surface area contributed by atoms with E-state index < -0.39 is 5.60 Å². The summed E-state index contributed by atoms with van der Waals surface area (Å²) in [5, 5.41) is 10.3. The Kier molecular flexibility index (Phi) is 2.56. The number of fused-ring (bicyclic) bond motifs is 2. The van der Waals surface area contributed by atoms with Crippen molar-refractivity contribution < 1.29 is 5.11 Å². The van der Waals surface area contributed by atoms with Crippen LogP contribution in [0.25, 0.3) is 0 Å². The lowest BCUT2D eigenvalue weighted by atomic mass is 9.84. The number of rotatable bonds is 0. The van der Waals surface area contributed by atoms with Crippen LogP contribution in [0.4, 0.5) is 0 Å². The van der Waals surface area contributed by atoms with Crippen LogP contribution in [0, 0.1) is 29.6 Å². The zero-order valence-electron chi connectivity index (χ0n) is 9.78. The summed E-state index contributed by atoms with van der Waals surface area (Å²) in [5.41, 5.74) is -0.649. The van der Waals surface area contributed by atoms with Crippen LogP contribution in [0.3, 0.4) is 0 Å². The fourth-order valence-electron chi connectivity index (χ4n) is 3.44. The first kappa shape index (κ1) is 10.4. The first-order valence-corrected chi connectivity index (χ1v) is 6.69. The van der Waals surface area contributed by atoms with Crippen molar-refractivity contribution in [2.45, 2.75) is 50.5 Å². The minimum Gasteiger partial charge on any atom is -0.378 e. The topological polar surface area (TPSA) is 20.2 Å². The van der Waals surface area contributed by atoms with Crippen molar-refractivity contribution in [3.8, 4) is 11.8 Å². The third kappa shape index (κ3) is 1.92. The lowest BCUT2D eigenvalue weighted by Gasteiger charge is -2.27. The summed E-state index contributed by atoms with van der Waals surface area (Å²) in [4.78, 5) is 0. The number of hydrogen-bond donors (Lipinski definition) is 1. The minimum absolute atomic E-state index is 0.529. The van der Waals surface area contributed by atoms with Gasteiger partial charge >= 0.3 is 0 Å². The van der Waals surface area contributed by atoms with Crippen LogP contribution >= 0.6 is 0 Å². The van der Waals surface area contributed by atoms with Gasteiger partial charge in [0, 0.05) is 5.92 Å². The third-order valence-corrected chi connectivity index (χ3v) is 4.45. The molecule has 3 unspecified atom stereocenters. The van der Waals surface area contributed by atoms with Crippen molar-refractivity contribution in [3.05, 3.63) is 12.2 Å². The highest BCUT2D eigenvalue weighted by molar-refractivity contribution is 5.23. The van der Waals surface area contributed by atoms with Crippen LogP contribution in [-0.4, -0.2) is 10.7 Å². The summed E-state index contributed by atoms with van der Waals surface area (Å²) in [6.07, 6.45) is 12.5. The maximum Gasteiger partial charge on any atom is 0.125 e. The van der Waals surface area contributed by atoms with Crippen LogP contribution in [0.1, 0.15) is 44.9 Å². The molecule has 0 heterocycles. The Morgan fingerprint density at radius 1 is 1.06 bits per heavy atom. The molecule has 86 valence electrons. The van der Waals surface area contributed by atoms with Crippen molar-refractivity contribution in [1.82, 2.24) is 0 Å². The van der Waals surface area contributed by atoms with Gasteiger partial charge in [0.2, 0.25) is 0 Å². The number of aliphatic hydroxyl groups is 1. The maximum atomic E-state index is 10.3. The molecule has 0 aromatic heterocycles. The van der Waals surface area contributed by atoms with Gasteiger partial charge in [-0.05, 0) is 50.4 Å². The first-order valence-electron chi connectivity index (χ1n) is 6.69. The molecule has 0 aliphatic heterocycles. The van der Waals surface area contributed by atoms with Gasteiger partial charge in [-0.25, -0.2) is 0 Å². The van der Waals surface area contributed by atoms with Crippen LogP contribution in [-0.2, 0) is 0 Å². The molecule has 2 fully saturated rings. The Hall–Kier alpha value is -0.740. The summed E-state index contributed by atoms with van der Waals surface area (Å²) in [6, 6.07) is 0. The van der Waals surface area contributed by atoms with Gasteiger partial charge in [-0.3, -0.25) is 0 Å². The molecule has 0 radical (unpaired) electrons. The van der Waals surface area contributed by atoms with Crippen molar-refractivity contribution in [3.63, 3.8) is 0 Å². The lowest BCUT2D eigenvalue weighted by molar-refractivity contribution is 0.0607. The van der Waals surface area contributed by atoms with Gasteiger partial charge in [0.05, 0.1) is 0 Å². The second kappa shape index (κ2) is 3.93. The fraction of sp³-hybridized carbons (Fsp3) is 0.733. The molecule has 3 aliphatic carbocycles. The zero-order valence-corrected chi connectivity index (χ0v) is 9.78. The molecule has 0 aromatic rings. The normalized spacial score (nSPS) is 39.4. The highest BCUT2D eigenvalue weighted by atomic mass is 16.3. The second-order valence-corrected chi connectivity index (χ2v) is 5.75. The van der Waals surface area contributed by atoms with E-state index in [9.17, 15) is 5.11 Å². The first-order chi connectivity index (χ1) is 7.75. The smallest absolute Gasteiger partial charge is 0.125 e. The van der Waals surface area contributed by atoms with E-state index >= 15 is 0 Å². The van der Waals surface area contributed by atoms with Crippen LogP contribution in [0.5, 0.6) is 0 Å². The molecule has 3 aliphatic rings. The van der Waals surface area contributed by atoms with Crippen LogP contribution < -0.4 is 0 Å². The quantitative estimate of drug-likeness (QED) is 0.487. The molecule has 0 spiro atoms. The molecule has 1 nitrogen and oxygen atoms in total. The second-order valence-electron chi connectivity index (χ2n) is 5.75. The van der Waals surface area contributed by atoms with Crippen molar-refractivity contribution in [2.24, 2.45) is 17.8 Å². The monoisotopic (exact) mass is 216 g/mol. The van der Waals surface area contributed by atoms with Gasteiger partial charge in [0.15, 0.2) is 0 Å². The molecule has 16 heavy (non-hydrogen) atoms. The average molecular weight is 216 g/mol. The summed E-state index contributed by atoms with van der Waals surface area (Å²) in [5.74, 6) is 8.56. The molecule has 1 heteroatoms. The van der Waals surface area contributed by atoms with Gasteiger partial charge < -0.3 is 5.11 Å². The molecule has 1 N–H and O–H groups in total. The van der Waals surface area contributed by atoms with Gasteiger partial charge in [-0.15, -0.1) is 0 Å². The van der Waals surface area contributed by atoms with Gasteiger partial charge in [-0.2, -0.15) is 0 Å². The number of hydrogen-bond acceptors (Lipinski definition) is 1. The highest BCUT2D eigenvalue weighted by Crippen LogP contribution is 2.43. The molecule has 0 aromatic carbocycles. The molecule has 0 saturated heterocycles. The Morgan fingerprint density at radius 2 is 1.88 bits per heavy atom. The molecule has 2 saturated carbocycles. The molecule has 3 atom stereocenters. The average Bonchev–Trinajstić information content (AvgIpc) is 2.89. The van der Waals surface area contributed by atoms with Crippen LogP contribution in [0.2, 0.25) is 0 Å².